The van der Waals surface area contributed by atoms with E-state index < -0.39 is 5.79 Å². The molecule has 1 heterocycles. The van der Waals surface area contributed by atoms with Crippen molar-refractivity contribution in [1.29, 1.82) is 0 Å². The van der Waals surface area contributed by atoms with Crippen LogP contribution in [0.15, 0.2) is 0 Å². The van der Waals surface area contributed by atoms with Crippen LogP contribution in [0.5, 0.6) is 0 Å². The highest BCUT2D eigenvalue weighted by Crippen LogP contribution is 2.40. The van der Waals surface area contributed by atoms with Crippen LogP contribution < -0.4 is 0 Å². The number of ether oxygens (including phenoxy) is 1. The number of hydrogen-bond acceptors (Lipinski definition) is 3. The molecule has 3 nitrogen and oxygen atoms in total. The lowest BCUT2D eigenvalue weighted by atomic mass is 9.79. The molecule has 2 fully saturated rings. The lowest BCUT2D eigenvalue weighted by Crippen LogP contribution is -2.48. The Labute approximate surface area is 71.7 Å². The maximum Gasteiger partial charge on any atom is 0.308 e. The smallest absolute Gasteiger partial charge is 0.308 e. The van der Waals surface area contributed by atoms with E-state index >= 15 is 0 Å². The summed E-state index contributed by atoms with van der Waals surface area (Å²) in [6, 6.07) is 0. The van der Waals surface area contributed by atoms with Crippen LogP contribution in [0, 0.1) is 5.92 Å². The highest BCUT2D eigenvalue weighted by molar-refractivity contribution is 5.70. The van der Waals surface area contributed by atoms with E-state index in [-0.39, 0.29) is 11.9 Å². The van der Waals surface area contributed by atoms with E-state index in [1.165, 1.54) is 0 Å². The van der Waals surface area contributed by atoms with E-state index in [0.29, 0.717) is 12.8 Å². The second-order valence-corrected chi connectivity index (χ2v) is 3.80. The Balaban J connectivity index is 2.12. The van der Waals surface area contributed by atoms with Crippen molar-refractivity contribution >= 4 is 5.97 Å². The summed E-state index contributed by atoms with van der Waals surface area (Å²) in [5.74, 6) is -1.15. The number of hydrogen-bond donors (Lipinski definition) is 1. The first-order chi connectivity index (χ1) is 5.71. The van der Waals surface area contributed by atoms with Gasteiger partial charge in [-0.05, 0) is 19.3 Å². The molecule has 1 N–H and O–H groups in total. The lowest BCUT2D eigenvalue weighted by Gasteiger charge is -2.41. The van der Waals surface area contributed by atoms with Crippen molar-refractivity contribution < 1.29 is 14.6 Å². The van der Waals surface area contributed by atoms with Crippen LogP contribution in [0.4, 0.5) is 0 Å². The van der Waals surface area contributed by atoms with Crippen LogP contribution in [0.3, 0.4) is 0 Å². The van der Waals surface area contributed by atoms with Crippen molar-refractivity contribution in [1.82, 2.24) is 0 Å². The van der Waals surface area contributed by atoms with Gasteiger partial charge in [-0.2, -0.15) is 0 Å². The third kappa shape index (κ3) is 1.22. The molecule has 1 saturated carbocycles. The number of aliphatic hydroxyl groups is 1. The van der Waals surface area contributed by atoms with Gasteiger partial charge in [0, 0.05) is 18.8 Å². The predicted molar refractivity (Wildman–Crippen MR) is 42.2 cm³/mol. The summed E-state index contributed by atoms with van der Waals surface area (Å²) in [5, 5.41) is 9.92. The van der Waals surface area contributed by atoms with E-state index in [0.717, 1.165) is 25.7 Å². The summed E-state index contributed by atoms with van der Waals surface area (Å²) in [6.45, 7) is 0. The van der Waals surface area contributed by atoms with Gasteiger partial charge in [-0.25, -0.2) is 0 Å². The Bertz CT molecular complexity index is 202. The van der Waals surface area contributed by atoms with E-state index in [1.807, 2.05) is 0 Å². The zero-order valence-corrected chi connectivity index (χ0v) is 7.08. The lowest BCUT2D eigenvalue weighted by molar-refractivity contribution is -0.256. The molecule has 0 aromatic carbocycles. The monoisotopic (exact) mass is 170 g/mol. The molecule has 0 unspecified atom stereocenters. The molecule has 12 heavy (non-hydrogen) atoms. The van der Waals surface area contributed by atoms with Gasteiger partial charge in [0.2, 0.25) is 5.79 Å². The summed E-state index contributed by atoms with van der Waals surface area (Å²) >= 11 is 0. The van der Waals surface area contributed by atoms with Gasteiger partial charge in [-0.15, -0.1) is 0 Å². The number of fused-ring (bicyclic) bond motifs is 1. The van der Waals surface area contributed by atoms with Crippen LogP contribution in [-0.4, -0.2) is 16.9 Å². The van der Waals surface area contributed by atoms with Crippen molar-refractivity contribution in [2.45, 2.75) is 44.3 Å². The Hall–Kier alpha value is -0.570. The predicted octanol–water partition coefficient (Wildman–Crippen LogP) is 1.20. The summed E-state index contributed by atoms with van der Waals surface area (Å²) in [6.07, 6.45) is 5.04. The second-order valence-electron chi connectivity index (χ2n) is 3.80. The molecule has 2 atom stereocenters. The Morgan fingerprint density at radius 3 is 3.08 bits per heavy atom. The van der Waals surface area contributed by atoms with Crippen molar-refractivity contribution in [3.8, 4) is 0 Å². The minimum Gasteiger partial charge on any atom is -0.433 e. The number of carbonyl (C=O) groups excluding carboxylic acids is 1. The van der Waals surface area contributed by atoms with Crippen molar-refractivity contribution in [2.75, 3.05) is 0 Å². The molecule has 0 bridgehead atoms. The third-order valence-corrected chi connectivity index (χ3v) is 2.96. The molecule has 0 aromatic heterocycles. The normalized spacial score (nSPS) is 41.8. The first kappa shape index (κ1) is 8.05. The Kier molecular flexibility index (Phi) is 1.83. The Morgan fingerprint density at radius 2 is 2.25 bits per heavy atom. The molecule has 0 amide bonds. The first-order valence-corrected chi connectivity index (χ1v) is 4.65. The third-order valence-electron chi connectivity index (χ3n) is 2.96. The molecule has 1 aliphatic carbocycles. The minimum atomic E-state index is -1.10. The van der Waals surface area contributed by atoms with Crippen molar-refractivity contribution in [3.05, 3.63) is 0 Å². The van der Waals surface area contributed by atoms with Gasteiger partial charge in [-0.1, -0.05) is 6.42 Å². The minimum absolute atomic E-state index is 0.198. The van der Waals surface area contributed by atoms with Gasteiger partial charge in [0.15, 0.2) is 0 Å². The SMILES string of the molecule is O=C1CC[C@H]2CCCC[C@]2(O)O1. The van der Waals surface area contributed by atoms with Crippen molar-refractivity contribution in [3.63, 3.8) is 0 Å². The summed E-state index contributed by atoms with van der Waals surface area (Å²) in [4.78, 5) is 10.9. The van der Waals surface area contributed by atoms with Gasteiger partial charge < -0.3 is 9.84 Å². The zero-order valence-electron chi connectivity index (χ0n) is 7.08. The van der Waals surface area contributed by atoms with E-state index in [1.54, 1.807) is 0 Å². The molecule has 68 valence electrons. The molecular weight excluding hydrogens is 156 g/mol. The van der Waals surface area contributed by atoms with Crippen LogP contribution in [0.25, 0.3) is 0 Å². The highest BCUT2D eigenvalue weighted by atomic mass is 16.7. The first-order valence-electron chi connectivity index (χ1n) is 4.65. The van der Waals surface area contributed by atoms with Crippen molar-refractivity contribution in [2.24, 2.45) is 5.92 Å². The highest BCUT2D eigenvalue weighted by Gasteiger charge is 2.45. The number of esters is 1. The van der Waals surface area contributed by atoms with Crippen LogP contribution in [-0.2, 0) is 9.53 Å². The van der Waals surface area contributed by atoms with Crippen LogP contribution in [0.1, 0.15) is 38.5 Å². The quantitative estimate of drug-likeness (QED) is 0.556. The van der Waals surface area contributed by atoms with Gasteiger partial charge in [-0.3, -0.25) is 4.79 Å². The van der Waals surface area contributed by atoms with Gasteiger partial charge in [0.1, 0.15) is 0 Å². The summed E-state index contributed by atoms with van der Waals surface area (Å²) in [5.41, 5.74) is 0. The molecule has 3 heteroatoms. The fourth-order valence-corrected chi connectivity index (χ4v) is 2.24. The molecule has 0 spiro atoms. The van der Waals surface area contributed by atoms with Gasteiger partial charge in [0.05, 0.1) is 0 Å². The number of carbonyl (C=O) groups is 1. The molecule has 1 saturated heterocycles. The van der Waals surface area contributed by atoms with Gasteiger partial charge in [0.25, 0.3) is 0 Å². The topological polar surface area (TPSA) is 46.5 Å². The maximum atomic E-state index is 10.9. The molecular formula is C9H14O3. The maximum absolute atomic E-state index is 10.9. The average Bonchev–Trinajstić information content (AvgIpc) is 2.02. The largest absolute Gasteiger partial charge is 0.433 e. The molecule has 1 aliphatic heterocycles. The van der Waals surface area contributed by atoms with E-state index in [4.69, 9.17) is 4.74 Å². The average molecular weight is 170 g/mol. The van der Waals surface area contributed by atoms with E-state index in [9.17, 15) is 9.90 Å². The zero-order chi connectivity index (χ0) is 8.60. The molecule has 0 radical (unpaired) electrons. The van der Waals surface area contributed by atoms with Crippen LogP contribution >= 0.6 is 0 Å². The fourth-order valence-electron chi connectivity index (χ4n) is 2.24. The number of rotatable bonds is 0. The molecule has 2 rings (SSSR count). The van der Waals surface area contributed by atoms with E-state index in [2.05, 4.69) is 0 Å². The molecule has 2 aliphatic rings. The van der Waals surface area contributed by atoms with Gasteiger partial charge >= 0.3 is 5.97 Å². The van der Waals surface area contributed by atoms with Crippen LogP contribution in [0.2, 0.25) is 0 Å². The Morgan fingerprint density at radius 1 is 1.42 bits per heavy atom. The summed E-state index contributed by atoms with van der Waals surface area (Å²) in [7, 11) is 0. The second kappa shape index (κ2) is 2.73. The fraction of sp³-hybridized carbons (Fsp3) is 0.889. The summed E-state index contributed by atoms with van der Waals surface area (Å²) < 4.78 is 4.99. The standard InChI is InChI=1S/C9H14O3/c10-8-5-4-7-3-1-2-6-9(7,11)12-8/h7,11H,1-6H2/t7-,9+/m1/s1. The molecule has 0 aromatic rings.